The second-order valence-corrected chi connectivity index (χ2v) is 2.94. The van der Waals surface area contributed by atoms with Crippen molar-refractivity contribution in [3.8, 4) is 0 Å². The van der Waals surface area contributed by atoms with Gasteiger partial charge in [-0.05, 0) is 0 Å². The van der Waals surface area contributed by atoms with Crippen molar-refractivity contribution in [2.24, 2.45) is 11.8 Å². The lowest BCUT2D eigenvalue weighted by Gasteiger charge is -2.18. The molecule has 1 saturated heterocycles. The van der Waals surface area contributed by atoms with Crippen molar-refractivity contribution in [1.29, 1.82) is 0 Å². The van der Waals surface area contributed by atoms with Crippen molar-refractivity contribution >= 4 is 18.4 Å². The molecule has 2 atom stereocenters. The number of rotatable bonds is 1. The topological polar surface area (TPSA) is 38.3 Å². The van der Waals surface area contributed by atoms with Crippen molar-refractivity contribution in [3.05, 3.63) is 0 Å². The van der Waals surface area contributed by atoms with Crippen molar-refractivity contribution in [1.82, 2.24) is 5.32 Å². The van der Waals surface area contributed by atoms with E-state index in [9.17, 15) is 18.0 Å². The summed E-state index contributed by atoms with van der Waals surface area (Å²) >= 11 is 0. The third-order valence-corrected chi connectivity index (χ3v) is 2.14. The van der Waals surface area contributed by atoms with Gasteiger partial charge in [0, 0.05) is 13.1 Å². The van der Waals surface area contributed by atoms with Gasteiger partial charge in [0.25, 0.3) is 0 Å². The smallest absolute Gasteiger partial charge is 0.393 e. The molecule has 7 heteroatoms. The first-order valence-electron chi connectivity index (χ1n) is 3.82. The summed E-state index contributed by atoms with van der Waals surface area (Å²) < 4.78 is 41.1. The lowest BCUT2D eigenvalue weighted by Crippen LogP contribution is -2.34. The first kappa shape index (κ1) is 13.5. The molecule has 84 valence electrons. The van der Waals surface area contributed by atoms with Gasteiger partial charge in [0.1, 0.15) is 0 Å². The molecule has 1 rings (SSSR count). The number of alkyl halides is 3. The average Bonchev–Trinajstić information content (AvgIpc) is 2.49. The quantitative estimate of drug-likeness (QED) is 0.686. The van der Waals surface area contributed by atoms with Crippen LogP contribution in [0.3, 0.4) is 0 Å². The third-order valence-electron chi connectivity index (χ3n) is 2.14. The highest BCUT2D eigenvalue weighted by molar-refractivity contribution is 5.85. The molecular formula is C7H11ClF3NO2. The monoisotopic (exact) mass is 233 g/mol. The van der Waals surface area contributed by atoms with E-state index in [1.54, 1.807) is 0 Å². The molecule has 3 nitrogen and oxygen atoms in total. The third kappa shape index (κ3) is 2.75. The molecule has 0 spiro atoms. The highest BCUT2D eigenvalue weighted by atomic mass is 35.5. The van der Waals surface area contributed by atoms with E-state index in [-0.39, 0.29) is 25.5 Å². The van der Waals surface area contributed by atoms with Crippen molar-refractivity contribution < 1.29 is 22.7 Å². The SMILES string of the molecule is COC(=O)[C@H]1CNC[C@H]1C(F)(F)F.Cl. The van der Waals surface area contributed by atoms with Crippen LogP contribution < -0.4 is 5.32 Å². The number of methoxy groups -OCH3 is 1. The molecule has 0 saturated carbocycles. The first-order chi connectivity index (χ1) is 5.96. The van der Waals surface area contributed by atoms with Crippen molar-refractivity contribution in [3.63, 3.8) is 0 Å². The van der Waals surface area contributed by atoms with Crippen LogP contribution >= 0.6 is 12.4 Å². The first-order valence-corrected chi connectivity index (χ1v) is 3.82. The summed E-state index contributed by atoms with van der Waals surface area (Å²) in [4.78, 5) is 10.9. The summed E-state index contributed by atoms with van der Waals surface area (Å²) in [5, 5.41) is 2.52. The molecule has 1 N–H and O–H groups in total. The van der Waals surface area contributed by atoms with Gasteiger partial charge < -0.3 is 10.1 Å². The van der Waals surface area contributed by atoms with Crippen LogP contribution in [-0.4, -0.2) is 32.3 Å². The number of hydrogen-bond acceptors (Lipinski definition) is 3. The fraction of sp³-hybridized carbons (Fsp3) is 0.857. The average molecular weight is 234 g/mol. The number of ether oxygens (including phenoxy) is 1. The number of halogens is 4. The maximum atomic E-state index is 12.3. The molecule has 0 radical (unpaired) electrons. The Morgan fingerprint density at radius 1 is 1.43 bits per heavy atom. The zero-order chi connectivity index (χ0) is 10.1. The molecule has 0 unspecified atom stereocenters. The number of esters is 1. The van der Waals surface area contributed by atoms with Gasteiger partial charge in [-0.3, -0.25) is 4.79 Å². The van der Waals surface area contributed by atoms with E-state index in [0.29, 0.717) is 0 Å². The van der Waals surface area contributed by atoms with E-state index in [4.69, 9.17) is 0 Å². The number of carbonyl (C=O) groups excluding carboxylic acids is 1. The molecule has 14 heavy (non-hydrogen) atoms. The second kappa shape index (κ2) is 4.84. The molecule has 1 fully saturated rings. The van der Waals surface area contributed by atoms with E-state index >= 15 is 0 Å². The summed E-state index contributed by atoms with van der Waals surface area (Å²) in [5.41, 5.74) is 0. The van der Waals surface area contributed by atoms with Gasteiger partial charge in [-0.1, -0.05) is 0 Å². The Bertz CT molecular complexity index is 210. The molecule has 1 aliphatic heterocycles. The van der Waals surface area contributed by atoms with Gasteiger partial charge in [0.15, 0.2) is 0 Å². The summed E-state index contributed by atoms with van der Waals surface area (Å²) in [6.07, 6.45) is -4.33. The molecular weight excluding hydrogens is 223 g/mol. The van der Waals surface area contributed by atoms with Crippen molar-refractivity contribution in [2.75, 3.05) is 20.2 Å². The molecule has 0 aromatic carbocycles. The van der Waals surface area contributed by atoms with Gasteiger partial charge in [-0.15, -0.1) is 12.4 Å². The van der Waals surface area contributed by atoms with E-state index in [1.165, 1.54) is 0 Å². The summed E-state index contributed by atoms with van der Waals surface area (Å²) in [6, 6.07) is 0. The fourth-order valence-corrected chi connectivity index (χ4v) is 1.42. The Labute approximate surface area is 85.4 Å². The molecule has 0 bridgehead atoms. The zero-order valence-electron chi connectivity index (χ0n) is 7.43. The minimum Gasteiger partial charge on any atom is -0.469 e. The van der Waals surface area contributed by atoms with Gasteiger partial charge in [0.2, 0.25) is 0 Å². The van der Waals surface area contributed by atoms with Crippen LogP contribution in [0.5, 0.6) is 0 Å². The molecule has 1 heterocycles. The normalized spacial score (nSPS) is 26.9. The molecule has 0 aromatic heterocycles. The summed E-state index contributed by atoms with van der Waals surface area (Å²) in [7, 11) is 1.09. The zero-order valence-corrected chi connectivity index (χ0v) is 8.24. The Morgan fingerprint density at radius 3 is 2.43 bits per heavy atom. The van der Waals surface area contributed by atoms with E-state index < -0.39 is 24.0 Å². The highest BCUT2D eigenvalue weighted by Crippen LogP contribution is 2.34. The Balaban J connectivity index is 0.00000169. The van der Waals surface area contributed by atoms with Crippen LogP contribution in [0.2, 0.25) is 0 Å². The van der Waals surface area contributed by atoms with E-state index in [2.05, 4.69) is 10.1 Å². The standard InChI is InChI=1S/C7H10F3NO2.ClH/c1-13-6(12)4-2-11-3-5(4)7(8,9)10;/h4-5,11H,2-3H2,1H3;1H/t4-,5+;/m0./s1. The summed E-state index contributed by atoms with van der Waals surface area (Å²) in [5.74, 6) is -3.50. The van der Waals surface area contributed by atoms with Crippen molar-refractivity contribution in [2.45, 2.75) is 6.18 Å². The minimum absolute atomic E-state index is 0. The largest absolute Gasteiger partial charge is 0.469 e. The lowest BCUT2D eigenvalue weighted by molar-refractivity contribution is -0.188. The maximum absolute atomic E-state index is 12.3. The molecule has 1 aliphatic rings. The Morgan fingerprint density at radius 2 is 2.00 bits per heavy atom. The van der Waals surface area contributed by atoms with Gasteiger partial charge >= 0.3 is 12.1 Å². The molecule has 0 amide bonds. The fourth-order valence-electron chi connectivity index (χ4n) is 1.42. The number of carbonyl (C=O) groups is 1. The van der Waals surface area contributed by atoms with Gasteiger partial charge in [-0.2, -0.15) is 13.2 Å². The molecule has 0 aromatic rings. The number of nitrogens with one attached hydrogen (secondary N) is 1. The van der Waals surface area contributed by atoms with Gasteiger partial charge in [0.05, 0.1) is 18.9 Å². The minimum atomic E-state index is -4.33. The summed E-state index contributed by atoms with van der Waals surface area (Å²) in [6.45, 7) is -0.167. The van der Waals surface area contributed by atoms with Crippen LogP contribution in [0.4, 0.5) is 13.2 Å². The maximum Gasteiger partial charge on any atom is 0.393 e. The second-order valence-electron chi connectivity index (χ2n) is 2.94. The van der Waals surface area contributed by atoms with Gasteiger partial charge in [-0.25, -0.2) is 0 Å². The van der Waals surface area contributed by atoms with Crippen LogP contribution in [0.1, 0.15) is 0 Å². The van der Waals surface area contributed by atoms with Crippen LogP contribution in [-0.2, 0) is 9.53 Å². The Hall–Kier alpha value is -0.490. The predicted octanol–water partition coefficient (Wildman–Crippen LogP) is 0.979. The van der Waals surface area contributed by atoms with Crippen LogP contribution in [0.15, 0.2) is 0 Å². The van der Waals surface area contributed by atoms with E-state index in [1.807, 2.05) is 0 Å². The Kier molecular flexibility index (Phi) is 4.67. The van der Waals surface area contributed by atoms with Crippen LogP contribution in [0.25, 0.3) is 0 Å². The van der Waals surface area contributed by atoms with Crippen LogP contribution in [0, 0.1) is 11.8 Å². The molecule has 0 aliphatic carbocycles. The predicted molar refractivity (Wildman–Crippen MR) is 45.2 cm³/mol. The van der Waals surface area contributed by atoms with E-state index in [0.717, 1.165) is 7.11 Å². The number of hydrogen-bond donors (Lipinski definition) is 1. The highest BCUT2D eigenvalue weighted by Gasteiger charge is 2.50. The lowest BCUT2D eigenvalue weighted by atomic mass is 9.96.